The Hall–Kier alpha value is -3.32. The summed E-state index contributed by atoms with van der Waals surface area (Å²) in [5.41, 5.74) is 6.16. The number of aromatic nitrogens is 4. The minimum atomic E-state index is -0.107. The van der Waals surface area contributed by atoms with Crippen LogP contribution >= 0.6 is 11.8 Å². The first-order valence-corrected chi connectivity index (χ1v) is 11.4. The van der Waals surface area contributed by atoms with Crippen LogP contribution in [0.4, 0.5) is 5.95 Å². The van der Waals surface area contributed by atoms with Gasteiger partial charge in [0.15, 0.2) is 0 Å². The number of hydrogen-bond acceptors (Lipinski definition) is 5. The SMILES string of the molecule is Cc1[nH]cnc1CSCCNc1ncc(Cc2ccc(-c3ccccc3)cc2)c(=O)[nH]1. The standard InChI is InChI=1S/C24H25N5OS/c1-17-22(28-16-27-17)15-31-12-11-25-24-26-14-21(23(30)29-24)13-18-7-9-20(10-8-18)19-5-3-2-4-6-19/h2-10,14,16H,11-13,15H2,1H3,(H,27,28)(H2,25,26,29,30). The van der Waals surface area contributed by atoms with Crippen molar-refractivity contribution in [2.24, 2.45) is 0 Å². The van der Waals surface area contributed by atoms with Gasteiger partial charge >= 0.3 is 0 Å². The molecule has 0 aliphatic heterocycles. The molecule has 0 spiro atoms. The highest BCUT2D eigenvalue weighted by molar-refractivity contribution is 7.98. The normalized spacial score (nSPS) is 10.9. The summed E-state index contributed by atoms with van der Waals surface area (Å²) in [5.74, 6) is 2.26. The maximum atomic E-state index is 12.5. The fraction of sp³-hybridized carbons (Fsp3) is 0.208. The molecule has 0 fully saturated rings. The maximum Gasteiger partial charge on any atom is 0.255 e. The molecule has 0 atom stereocenters. The fourth-order valence-electron chi connectivity index (χ4n) is 3.25. The summed E-state index contributed by atoms with van der Waals surface area (Å²) in [7, 11) is 0. The number of rotatable bonds is 9. The first kappa shape index (κ1) is 20.9. The van der Waals surface area contributed by atoms with Gasteiger partial charge in [0.2, 0.25) is 5.95 Å². The van der Waals surface area contributed by atoms with E-state index < -0.39 is 0 Å². The van der Waals surface area contributed by atoms with E-state index in [9.17, 15) is 4.79 Å². The van der Waals surface area contributed by atoms with Gasteiger partial charge in [-0.25, -0.2) is 9.97 Å². The van der Waals surface area contributed by atoms with Crippen molar-refractivity contribution in [2.45, 2.75) is 19.1 Å². The Balaban J connectivity index is 1.28. The Morgan fingerprint density at radius 2 is 1.77 bits per heavy atom. The third kappa shape index (κ3) is 5.64. The zero-order valence-corrected chi connectivity index (χ0v) is 18.2. The molecule has 4 aromatic rings. The van der Waals surface area contributed by atoms with E-state index in [4.69, 9.17) is 0 Å². The van der Waals surface area contributed by atoms with E-state index in [0.29, 0.717) is 17.9 Å². The topological polar surface area (TPSA) is 86.5 Å². The largest absolute Gasteiger partial charge is 0.355 e. The van der Waals surface area contributed by atoms with Crippen LogP contribution in [-0.4, -0.2) is 32.2 Å². The molecule has 2 aromatic heterocycles. The lowest BCUT2D eigenvalue weighted by Gasteiger charge is -2.07. The summed E-state index contributed by atoms with van der Waals surface area (Å²) < 4.78 is 0. The highest BCUT2D eigenvalue weighted by atomic mass is 32.2. The van der Waals surface area contributed by atoms with Gasteiger partial charge in [-0.15, -0.1) is 0 Å². The van der Waals surface area contributed by atoms with E-state index in [0.717, 1.165) is 40.6 Å². The van der Waals surface area contributed by atoms with Crippen molar-refractivity contribution in [1.82, 2.24) is 19.9 Å². The second-order valence-electron chi connectivity index (χ2n) is 7.28. The van der Waals surface area contributed by atoms with Gasteiger partial charge in [0.1, 0.15) is 0 Å². The van der Waals surface area contributed by atoms with Crippen LogP contribution in [0.5, 0.6) is 0 Å². The number of thioether (sulfide) groups is 1. The highest BCUT2D eigenvalue weighted by Gasteiger charge is 2.06. The molecule has 0 radical (unpaired) electrons. The number of imidazole rings is 1. The average Bonchev–Trinajstić information content (AvgIpc) is 3.21. The van der Waals surface area contributed by atoms with Gasteiger partial charge in [0.05, 0.1) is 12.0 Å². The molecule has 0 aliphatic carbocycles. The lowest BCUT2D eigenvalue weighted by molar-refractivity contribution is 1.01. The summed E-state index contributed by atoms with van der Waals surface area (Å²) >= 11 is 1.79. The third-order valence-corrected chi connectivity index (χ3v) is 6.01. The number of hydrogen-bond donors (Lipinski definition) is 3. The molecule has 0 unspecified atom stereocenters. The van der Waals surface area contributed by atoms with Crippen molar-refractivity contribution < 1.29 is 0 Å². The quantitative estimate of drug-likeness (QED) is 0.342. The molecule has 3 N–H and O–H groups in total. The van der Waals surface area contributed by atoms with Gasteiger partial charge in [0.25, 0.3) is 5.56 Å². The Morgan fingerprint density at radius 1 is 1.00 bits per heavy atom. The maximum absolute atomic E-state index is 12.5. The van der Waals surface area contributed by atoms with E-state index in [-0.39, 0.29) is 5.56 Å². The van der Waals surface area contributed by atoms with Gasteiger partial charge < -0.3 is 10.3 Å². The summed E-state index contributed by atoms with van der Waals surface area (Å²) in [5, 5.41) is 3.18. The second kappa shape index (κ2) is 10.1. The second-order valence-corrected chi connectivity index (χ2v) is 8.38. The number of anilines is 1. The van der Waals surface area contributed by atoms with Gasteiger partial charge in [-0.1, -0.05) is 54.6 Å². The average molecular weight is 432 g/mol. The number of benzene rings is 2. The first-order chi connectivity index (χ1) is 15.2. The zero-order chi connectivity index (χ0) is 21.5. The van der Waals surface area contributed by atoms with Crippen LogP contribution in [0.3, 0.4) is 0 Å². The molecular weight excluding hydrogens is 406 g/mol. The molecule has 0 bridgehead atoms. The molecule has 7 heteroatoms. The third-order valence-electron chi connectivity index (χ3n) is 5.04. The molecule has 0 amide bonds. The van der Waals surface area contributed by atoms with E-state index in [1.54, 1.807) is 24.3 Å². The van der Waals surface area contributed by atoms with E-state index in [2.05, 4.69) is 61.7 Å². The summed E-state index contributed by atoms with van der Waals surface area (Å²) in [6.07, 6.45) is 3.93. The Labute approximate surface area is 185 Å². The van der Waals surface area contributed by atoms with Crippen molar-refractivity contribution in [3.05, 3.63) is 100.0 Å². The smallest absolute Gasteiger partial charge is 0.255 e. The van der Waals surface area contributed by atoms with Gasteiger partial charge in [-0.05, 0) is 23.6 Å². The summed E-state index contributed by atoms with van der Waals surface area (Å²) in [6, 6.07) is 18.5. The van der Waals surface area contributed by atoms with Crippen molar-refractivity contribution in [3.63, 3.8) is 0 Å². The minimum Gasteiger partial charge on any atom is -0.355 e. The molecule has 31 heavy (non-hydrogen) atoms. The van der Waals surface area contributed by atoms with Crippen molar-refractivity contribution in [1.29, 1.82) is 0 Å². The first-order valence-electron chi connectivity index (χ1n) is 10.2. The molecule has 2 aromatic carbocycles. The predicted molar refractivity (Wildman–Crippen MR) is 128 cm³/mol. The van der Waals surface area contributed by atoms with Gasteiger partial charge in [0, 0.05) is 41.9 Å². The van der Waals surface area contributed by atoms with Crippen LogP contribution in [0.25, 0.3) is 11.1 Å². The Morgan fingerprint density at radius 3 is 2.48 bits per heavy atom. The molecule has 0 saturated heterocycles. The van der Waals surface area contributed by atoms with Crippen LogP contribution in [0.1, 0.15) is 22.5 Å². The van der Waals surface area contributed by atoms with Gasteiger partial charge in [-0.3, -0.25) is 9.78 Å². The Kier molecular flexibility index (Phi) is 6.84. The summed E-state index contributed by atoms with van der Waals surface area (Å²) in [4.78, 5) is 27.0. The monoisotopic (exact) mass is 431 g/mol. The molecule has 0 saturated carbocycles. The molecule has 4 rings (SSSR count). The highest BCUT2D eigenvalue weighted by Crippen LogP contribution is 2.20. The lowest BCUT2D eigenvalue weighted by atomic mass is 10.0. The van der Waals surface area contributed by atoms with Crippen LogP contribution in [0, 0.1) is 6.92 Å². The van der Waals surface area contributed by atoms with E-state index in [1.807, 2.05) is 25.1 Å². The molecule has 158 valence electrons. The molecular formula is C24H25N5OS. The predicted octanol–water partition coefficient (Wildman–Crippen LogP) is 4.40. The fourth-order valence-corrected chi connectivity index (χ4v) is 4.12. The number of aryl methyl sites for hydroxylation is 1. The van der Waals surface area contributed by atoms with Crippen molar-refractivity contribution in [3.8, 4) is 11.1 Å². The van der Waals surface area contributed by atoms with Crippen LogP contribution < -0.4 is 10.9 Å². The minimum absolute atomic E-state index is 0.107. The Bertz CT molecular complexity index is 1170. The molecule has 6 nitrogen and oxygen atoms in total. The van der Waals surface area contributed by atoms with Crippen molar-refractivity contribution in [2.75, 3.05) is 17.6 Å². The van der Waals surface area contributed by atoms with Crippen molar-refractivity contribution >= 4 is 17.7 Å². The number of H-pyrrole nitrogens is 2. The van der Waals surface area contributed by atoms with E-state index >= 15 is 0 Å². The zero-order valence-electron chi connectivity index (χ0n) is 17.4. The number of aromatic amines is 2. The van der Waals surface area contributed by atoms with Gasteiger partial charge in [-0.2, -0.15) is 11.8 Å². The van der Waals surface area contributed by atoms with E-state index in [1.165, 1.54) is 5.56 Å². The van der Waals surface area contributed by atoms with Crippen LogP contribution in [0.2, 0.25) is 0 Å². The van der Waals surface area contributed by atoms with Crippen LogP contribution in [-0.2, 0) is 12.2 Å². The molecule has 0 aliphatic rings. The molecule has 2 heterocycles. The lowest BCUT2D eigenvalue weighted by Crippen LogP contribution is -2.18. The summed E-state index contributed by atoms with van der Waals surface area (Å²) in [6.45, 7) is 2.74. The van der Waals surface area contributed by atoms with Crippen LogP contribution in [0.15, 0.2) is 71.9 Å². The number of nitrogens with zero attached hydrogens (tertiary/aromatic N) is 2. The number of nitrogens with one attached hydrogen (secondary N) is 3.